The van der Waals surface area contributed by atoms with Gasteiger partial charge in [0.25, 0.3) is 5.91 Å². The number of methoxy groups -OCH3 is 2. The Labute approximate surface area is 164 Å². The van der Waals surface area contributed by atoms with Crippen LogP contribution in [0.3, 0.4) is 0 Å². The summed E-state index contributed by atoms with van der Waals surface area (Å²) < 4.78 is 10.5. The van der Waals surface area contributed by atoms with E-state index in [1.807, 2.05) is 31.2 Å². The summed E-state index contributed by atoms with van der Waals surface area (Å²) in [7, 11) is 3.05. The van der Waals surface area contributed by atoms with Gasteiger partial charge in [-0.25, -0.2) is 0 Å². The Bertz CT molecular complexity index is 884. The lowest BCUT2D eigenvalue weighted by Crippen LogP contribution is -2.60. The number of nitrogens with zero attached hydrogens (tertiary/aromatic N) is 2. The molecule has 2 aromatic rings. The fourth-order valence-electron chi connectivity index (χ4n) is 3.54. The standard InChI is InChI=1S/C21H25N3O4/c1-14-6-4-5-7-16(14)23-10-11-24(17(13-23)20(22)25)21(26)15-8-9-18(27-2)19(12-15)28-3/h4-9,12,17H,10-11,13H2,1-3H3,(H2,22,25). The van der Waals surface area contributed by atoms with E-state index in [-0.39, 0.29) is 5.91 Å². The van der Waals surface area contributed by atoms with E-state index in [1.54, 1.807) is 23.1 Å². The molecule has 1 atom stereocenters. The number of carbonyl (C=O) groups excluding carboxylic acids is 2. The molecular formula is C21H25N3O4. The van der Waals surface area contributed by atoms with E-state index in [0.717, 1.165) is 11.3 Å². The summed E-state index contributed by atoms with van der Waals surface area (Å²) in [5.41, 5.74) is 8.24. The molecule has 2 amide bonds. The Morgan fingerprint density at radius 1 is 1.04 bits per heavy atom. The van der Waals surface area contributed by atoms with Crippen molar-refractivity contribution >= 4 is 17.5 Å². The first-order valence-electron chi connectivity index (χ1n) is 9.09. The molecule has 1 fully saturated rings. The van der Waals surface area contributed by atoms with Crippen molar-refractivity contribution < 1.29 is 19.1 Å². The molecule has 0 aromatic heterocycles. The number of amides is 2. The largest absolute Gasteiger partial charge is 0.493 e. The maximum absolute atomic E-state index is 13.1. The second-order valence-corrected chi connectivity index (χ2v) is 6.72. The van der Waals surface area contributed by atoms with Crippen molar-refractivity contribution in [3.8, 4) is 11.5 Å². The molecule has 2 N–H and O–H groups in total. The smallest absolute Gasteiger partial charge is 0.254 e. The first-order valence-corrected chi connectivity index (χ1v) is 9.09. The van der Waals surface area contributed by atoms with Crippen LogP contribution >= 0.6 is 0 Å². The number of hydrogen-bond donors (Lipinski definition) is 1. The average molecular weight is 383 g/mol. The molecule has 0 radical (unpaired) electrons. The Balaban J connectivity index is 1.85. The maximum atomic E-state index is 13.1. The van der Waals surface area contributed by atoms with E-state index in [4.69, 9.17) is 15.2 Å². The van der Waals surface area contributed by atoms with Crippen LogP contribution in [0.4, 0.5) is 5.69 Å². The Hall–Kier alpha value is -3.22. The number of rotatable bonds is 5. The third-order valence-corrected chi connectivity index (χ3v) is 5.06. The predicted octanol–water partition coefficient (Wildman–Crippen LogP) is 1.83. The molecular weight excluding hydrogens is 358 g/mol. The lowest BCUT2D eigenvalue weighted by molar-refractivity contribution is -0.122. The van der Waals surface area contributed by atoms with Crippen molar-refractivity contribution in [3.05, 3.63) is 53.6 Å². The molecule has 1 saturated heterocycles. The first kappa shape index (κ1) is 19.5. The lowest BCUT2D eigenvalue weighted by Gasteiger charge is -2.41. The summed E-state index contributed by atoms with van der Waals surface area (Å²) in [4.78, 5) is 28.9. The molecule has 0 bridgehead atoms. The molecule has 1 aliphatic rings. The van der Waals surface area contributed by atoms with Gasteiger partial charge in [0.1, 0.15) is 6.04 Å². The van der Waals surface area contributed by atoms with Crippen molar-refractivity contribution in [2.45, 2.75) is 13.0 Å². The first-order chi connectivity index (χ1) is 13.5. The number of anilines is 1. The Kier molecular flexibility index (Phi) is 5.73. The van der Waals surface area contributed by atoms with Gasteiger partial charge in [0.2, 0.25) is 5.91 Å². The van der Waals surface area contributed by atoms with Crippen LogP contribution in [0, 0.1) is 6.92 Å². The minimum Gasteiger partial charge on any atom is -0.493 e. The minimum atomic E-state index is -0.714. The van der Waals surface area contributed by atoms with Gasteiger partial charge in [0.05, 0.1) is 14.2 Å². The quantitative estimate of drug-likeness (QED) is 0.851. The zero-order valence-electron chi connectivity index (χ0n) is 16.3. The maximum Gasteiger partial charge on any atom is 0.254 e. The van der Waals surface area contributed by atoms with Gasteiger partial charge in [0.15, 0.2) is 11.5 Å². The predicted molar refractivity (Wildman–Crippen MR) is 107 cm³/mol. The fourth-order valence-corrected chi connectivity index (χ4v) is 3.54. The number of aryl methyl sites for hydroxylation is 1. The minimum absolute atomic E-state index is 0.255. The summed E-state index contributed by atoms with van der Waals surface area (Å²) >= 11 is 0. The van der Waals surface area contributed by atoms with Crippen LogP contribution in [0.2, 0.25) is 0 Å². The van der Waals surface area contributed by atoms with Gasteiger partial charge in [-0.15, -0.1) is 0 Å². The Morgan fingerprint density at radius 2 is 1.75 bits per heavy atom. The zero-order valence-corrected chi connectivity index (χ0v) is 16.3. The lowest BCUT2D eigenvalue weighted by atomic mass is 10.1. The average Bonchev–Trinajstić information content (AvgIpc) is 2.72. The number of benzene rings is 2. The molecule has 1 unspecified atom stereocenters. The van der Waals surface area contributed by atoms with Gasteiger partial charge >= 0.3 is 0 Å². The van der Waals surface area contributed by atoms with Crippen LogP contribution in [0.25, 0.3) is 0 Å². The molecule has 1 aliphatic heterocycles. The van der Waals surface area contributed by atoms with Crippen LogP contribution in [0.5, 0.6) is 11.5 Å². The summed E-state index contributed by atoms with van der Waals surface area (Å²) in [6, 6.07) is 12.2. The molecule has 1 heterocycles. The molecule has 0 saturated carbocycles. The van der Waals surface area contributed by atoms with Gasteiger partial charge < -0.3 is 25.0 Å². The number of primary amides is 1. The number of para-hydroxylation sites is 1. The van der Waals surface area contributed by atoms with Crippen LogP contribution < -0.4 is 20.1 Å². The molecule has 3 rings (SSSR count). The summed E-state index contributed by atoms with van der Waals surface area (Å²) in [5, 5.41) is 0. The molecule has 0 aliphatic carbocycles. The highest BCUT2D eigenvalue weighted by Gasteiger charge is 2.35. The highest BCUT2D eigenvalue weighted by Crippen LogP contribution is 2.29. The van der Waals surface area contributed by atoms with E-state index in [0.29, 0.717) is 36.7 Å². The second kappa shape index (κ2) is 8.21. The Morgan fingerprint density at radius 3 is 2.39 bits per heavy atom. The van der Waals surface area contributed by atoms with Crippen LogP contribution in [0.1, 0.15) is 15.9 Å². The van der Waals surface area contributed by atoms with Gasteiger partial charge in [-0.2, -0.15) is 0 Å². The molecule has 0 spiro atoms. The number of piperazine rings is 1. The summed E-state index contributed by atoms with van der Waals surface area (Å²) in [5.74, 6) is 0.221. The van der Waals surface area contributed by atoms with Crippen molar-refractivity contribution in [1.82, 2.24) is 4.90 Å². The molecule has 7 nitrogen and oxygen atoms in total. The second-order valence-electron chi connectivity index (χ2n) is 6.72. The zero-order chi connectivity index (χ0) is 20.3. The fraction of sp³-hybridized carbons (Fsp3) is 0.333. The van der Waals surface area contributed by atoms with Crippen molar-refractivity contribution in [3.63, 3.8) is 0 Å². The summed E-state index contributed by atoms with van der Waals surface area (Å²) in [6.07, 6.45) is 0. The van der Waals surface area contributed by atoms with Gasteiger partial charge in [0, 0.05) is 30.9 Å². The highest BCUT2D eigenvalue weighted by molar-refractivity contribution is 5.98. The summed E-state index contributed by atoms with van der Waals surface area (Å²) in [6.45, 7) is 3.40. The number of ether oxygens (including phenoxy) is 2. The normalized spacial score (nSPS) is 16.6. The number of nitrogens with two attached hydrogens (primary N) is 1. The number of carbonyl (C=O) groups is 2. The van der Waals surface area contributed by atoms with Gasteiger partial charge in [-0.1, -0.05) is 18.2 Å². The SMILES string of the molecule is COc1ccc(C(=O)N2CCN(c3ccccc3C)CC2C(N)=O)cc1OC. The van der Waals surface area contributed by atoms with Gasteiger partial charge in [-0.3, -0.25) is 9.59 Å². The van der Waals surface area contributed by atoms with E-state index in [9.17, 15) is 9.59 Å². The third-order valence-electron chi connectivity index (χ3n) is 5.06. The van der Waals surface area contributed by atoms with Crippen molar-refractivity contribution in [2.24, 2.45) is 5.73 Å². The third kappa shape index (κ3) is 3.74. The van der Waals surface area contributed by atoms with E-state index >= 15 is 0 Å². The van der Waals surface area contributed by atoms with Crippen LogP contribution in [0.15, 0.2) is 42.5 Å². The molecule has 7 heteroatoms. The van der Waals surface area contributed by atoms with Crippen molar-refractivity contribution in [1.29, 1.82) is 0 Å². The van der Waals surface area contributed by atoms with Crippen LogP contribution in [-0.2, 0) is 4.79 Å². The van der Waals surface area contributed by atoms with E-state index in [1.165, 1.54) is 14.2 Å². The van der Waals surface area contributed by atoms with E-state index in [2.05, 4.69) is 4.90 Å². The topological polar surface area (TPSA) is 85.1 Å². The van der Waals surface area contributed by atoms with Gasteiger partial charge in [-0.05, 0) is 36.8 Å². The molecule has 2 aromatic carbocycles. The monoisotopic (exact) mass is 383 g/mol. The molecule has 148 valence electrons. The van der Waals surface area contributed by atoms with E-state index < -0.39 is 11.9 Å². The van der Waals surface area contributed by atoms with Crippen LogP contribution in [-0.4, -0.2) is 56.6 Å². The molecule has 28 heavy (non-hydrogen) atoms. The number of hydrogen-bond acceptors (Lipinski definition) is 5. The highest BCUT2D eigenvalue weighted by atomic mass is 16.5. The van der Waals surface area contributed by atoms with Crippen molar-refractivity contribution in [2.75, 3.05) is 38.8 Å².